The molecule has 1 aliphatic carbocycles. The number of aromatic nitrogens is 2. The summed E-state index contributed by atoms with van der Waals surface area (Å²) in [5.74, 6) is 2.24. The average Bonchev–Trinajstić information content (AvgIpc) is 2.46. The van der Waals surface area contributed by atoms with Crippen molar-refractivity contribution in [1.29, 1.82) is 0 Å². The normalized spacial score (nSPS) is 26.6. The molecule has 1 aromatic rings. The Morgan fingerprint density at radius 1 is 1.35 bits per heavy atom. The highest BCUT2D eigenvalue weighted by Gasteiger charge is 2.34. The van der Waals surface area contributed by atoms with Gasteiger partial charge in [0.15, 0.2) is 0 Å². The molecule has 0 bridgehead atoms. The highest BCUT2D eigenvalue weighted by molar-refractivity contribution is 6.30. The van der Waals surface area contributed by atoms with Crippen LogP contribution in [0, 0.1) is 12.8 Å². The third kappa shape index (κ3) is 3.23. The molecule has 0 atom stereocenters. The van der Waals surface area contributed by atoms with Gasteiger partial charge in [-0.3, -0.25) is 0 Å². The van der Waals surface area contributed by atoms with Crippen LogP contribution in [0.15, 0.2) is 0 Å². The van der Waals surface area contributed by atoms with E-state index in [0.717, 1.165) is 55.2 Å². The fourth-order valence-corrected chi connectivity index (χ4v) is 2.89. The molecule has 112 valence electrons. The van der Waals surface area contributed by atoms with Crippen molar-refractivity contribution in [1.82, 2.24) is 9.97 Å². The highest BCUT2D eigenvalue weighted by Crippen LogP contribution is 2.35. The molecule has 1 aromatic heterocycles. The van der Waals surface area contributed by atoms with Crippen molar-refractivity contribution < 1.29 is 5.11 Å². The molecule has 4 nitrogen and oxygen atoms in total. The van der Waals surface area contributed by atoms with E-state index >= 15 is 0 Å². The van der Waals surface area contributed by atoms with Gasteiger partial charge in [-0.15, -0.1) is 0 Å². The van der Waals surface area contributed by atoms with Gasteiger partial charge in [-0.1, -0.05) is 25.4 Å². The van der Waals surface area contributed by atoms with Crippen LogP contribution in [0.4, 0.5) is 5.82 Å². The van der Waals surface area contributed by atoms with Crippen molar-refractivity contribution in [3.8, 4) is 0 Å². The van der Waals surface area contributed by atoms with Crippen LogP contribution in [0.3, 0.4) is 0 Å². The Morgan fingerprint density at radius 2 is 2.00 bits per heavy atom. The van der Waals surface area contributed by atoms with Gasteiger partial charge in [-0.25, -0.2) is 9.97 Å². The number of hydrogen-bond acceptors (Lipinski definition) is 4. The van der Waals surface area contributed by atoms with Crippen molar-refractivity contribution in [2.75, 3.05) is 11.9 Å². The molecule has 0 aromatic carbocycles. The Kier molecular flexibility index (Phi) is 4.86. The van der Waals surface area contributed by atoms with E-state index in [9.17, 15) is 5.11 Å². The predicted octanol–water partition coefficient (Wildman–Crippen LogP) is 3.35. The Morgan fingerprint density at radius 3 is 2.55 bits per heavy atom. The van der Waals surface area contributed by atoms with Crippen LogP contribution in [0.2, 0.25) is 5.15 Å². The van der Waals surface area contributed by atoms with E-state index in [1.807, 2.05) is 13.8 Å². The lowest BCUT2D eigenvalue weighted by Gasteiger charge is -2.39. The number of nitrogens with one attached hydrogen (secondary N) is 1. The SMILES string of the molecule is CCc1nc(Cl)c(C)c(NC2(CO)CCC(C)CC2)n1. The van der Waals surface area contributed by atoms with Crippen LogP contribution < -0.4 is 5.32 Å². The van der Waals surface area contributed by atoms with Gasteiger partial charge in [0.1, 0.15) is 16.8 Å². The summed E-state index contributed by atoms with van der Waals surface area (Å²) in [5, 5.41) is 13.8. The van der Waals surface area contributed by atoms with Crippen molar-refractivity contribution >= 4 is 17.4 Å². The first-order valence-corrected chi connectivity index (χ1v) is 7.79. The molecule has 0 amide bonds. The van der Waals surface area contributed by atoms with Gasteiger partial charge in [-0.05, 0) is 38.5 Å². The van der Waals surface area contributed by atoms with Gasteiger partial charge >= 0.3 is 0 Å². The largest absolute Gasteiger partial charge is 0.394 e. The first-order chi connectivity index (χ1) is 9.49. The molecular formula is C15H24ClN3O. The molecule has 1 aliphatic rings. The number of rotatable bonds is 4. The van der Waals surface area contributed by atoms with E-state index in [2.05, 4.69) is 22.2 Å². The van der Waals surface area contributed by atoms with E-state index in [-0.39, 0.29) is 12.1 Å². The van der Waals surface area contributed by atoms with Gasteiger partial charge in [0, 0.05) is 12.0 Å². The topological polar surface area (TPSA) is 58.0 Å². The van der Waals surface area contributed by atoms with Crippen molar-refractivity contribution in [2.24, 2.45) is 5.92 Å². The molecule has 2 N–H and O–H groups in total. The standard InChI is InChI=1S/C15H24ClN3O/c1-4-12-17-13(16)11(3)14(18-12)19-15(9-20)7-5-10(2)6-8-15/h10,20H,4-9H2,1-3H3,(H,17,18,19). The molecule has 0 radical (unpaired) electrons. The summed E-state index contributed by atoms with van der Waals surface area (Å²) in [6.45, 7) is 6.32. The number of hydrogen-bond donors (Lipinski definition) is 2. The number of aliphatic hydroxyl groups is 1. The smallest absolute Gasteiger partial charge is 0.137 e. The second-order valence-corrected chi connectivity index (χ2v) is 6.36. The lowest BCUT2D eigenvalue weighted by Crippen LogP contribution is -2.45. The molecule has 2 rings (SSSR count). The fourth-order valence-electron chi connectivity index (χ4n) is 2.70. The third-order valence-corrected chi connectivity index (χ3v) is 4.73. The minimum absolute atomic E-state index is 0.127. The Bertz CT molecular complexity index is 470. The molecule has 1 heterocycles. The van der Waals surface area contributed by atoms with Crippen molar-refractivity contribution in [3.05, 3.63) is 16.5 Å². The lowest BCUT2D eigenvalue weighted by atomic mass is 9.77. The molecule has 0 spiro atoms. The lowest BCUT2D eigenvalue weighted by molar-refractivity contribution is 0.155. The maximum atomic E-state index is 9.84. The van der Waals surface area contributed by atoms with Crippen LogP contribution in [-0.4, -0.2) is 27.2 Å². The van der Waals surface area contributed by atoms with E-state index in [1.54, 1.807) is 0 Å². The Hall–Kier alpha value is -0.870. The zero-order valence-corrected chi connectivity index (χ0v) is 13.3. The van der Waals surface area contributed by atoms with Gasteiger partial charge in [0.05, 0.1) is 12.1 Å². The maximum absolute atomic E-state index is 9.84. The fraction of sp³-hybridized carbons (Fsp3) is 0.733. The molecule has 0 saturated heterocycles. The molecule has 1 fully saturated rings. The van der Waals surface area contributed by atoms with Gasteiger partial charge in [0.2, 0.25) is 0 Å². The Labute approximate surface area is 126 Å². The van der Waals surface area contributed by atoms with Crippen molar-refractivity contribution in [3.63, 3.8) is 0 Å². The highest BCUT2D eigenvalue weighted by atomic mass is 35.5. The van der Waals surface area contributed by atoms with Crippen LogP contribution in [0.5, 0.6) is 0 Å². The molecule has 0 unspecified atom stereocenters. The van der Waals surface area contributed by atoms with Gasteiger partial charge in [-0.2, -0.15) is 0 Å². The molecule has 20 heavy (non-hydrogen) atoms. The number of aryl methyl sites for hydroxylation is 1. The number of halogens is 1. The third-order valence-electron chi connectivity index (χ3n) is 4.37. The monoisotopic (exact) mass is 297 g/mol. The number of aliphatic hydroxyl groups excluding tert-OH is 1. The summed E-state index contributed by atoms with van der Waals surface area (Å²) in [7, 11) is 0. The minimum Gasteiger partial charge on any atom is -0.394 e. The van der Waals surface area contributed by atoms with Crippen LogP contribution in [0.25, 0.3) is 0 Å². The van der Waals surface area contributed by atoms with Gasteiger partial charge in [0.25, 0.3) is 0 Å². The van der Waals surface area contributed by atoms with Crippen molar-refractivity contribution in [2.45, 2.75) is 58.4 Å². The zero-order chi connectivity index (χ0) is 14.8. The van der Waals surface area contributed by atoms with Crippen LogP contribution in [0.1, 0.15) is 50.9 Å². The molecular weight excluding hydrogens is 274 g/mol. The summed E-state index contributed by atoms with van der Waals surface area (Å²) in [4.78, 5) is 8.80. The summed E-state index contributed by atoms with van der Waals surface area (Å²) in [5.41, 5.74) is 0.593. The Balaban J connectivity index is 2.25. The molecule has 1 saturated carbocycles. The van der Waals surface area contributed by atoms with Crippen LogP contribution >= 0.6 is 11.6 Å². The maximum Gasteiger partial charge on any atom is 0.137 e. The summed E-state index contributed by atoms with van der Waals surface area (Å²) < 4.78 is 0. The summed E-state index contributed by atoms with van der Waals surface area (Å²) in [6, 6.07) is 0. The molecule has 0 aliphatic heterocycles. The summed E-state index contributed by atoms with van der Waals surface area (Å²) in [6.07, 6.45) is 4.94. The minimum atomic E-state index is -0.264. The van der Waals surface area contributed by atoms with E-state index in [1.165, 1.54) is 0 Å². The number of nitrogens with zero attached hydrogens (tertiary/aromatic N) is 2. The van der Waals surface area contributed by atoms with Gasteiger partial charge < -0.3 is 10.4 Å². The zero-order valence-electron chi connectivity index (χ0n) is 12.5. The van der Waals surface area contributed by atoms with E-state index < -0.39 is 0 Å². The number of anilines is 1. The van der Waals surface area contributed by atoms with E-state index in [0.29, 0.717) is 5.15 Å². The predicted molar refractivity (Wildman–Crippen MR) is 82.2 cm³/mol. The van der Waals surface area contributed by atoms with Crippen LogP contribution in [-0.2, 0) is 6.42 Å². The summed E-state index contributed by atoms with van der Waals surface area (Å²) >= 11 is 6.17. The quantitative estimate of drug-likeness (QED) is 0.837. The average molecular weight is 298 g/mol. The second-order valence-electron chi connectivity index (χ2n) is 6.00. The molecule has 5 heteroatoms. The van der Waals surface area contributed by atoms with E-state index in [4.69, 9.17) is 11.6 Å². The first-order valence-electron chi connectivity index (χ1n) is 7.41. The second kappa shape index (κ2) is 6.27. The first kappa shape index (κ1) is 15.5.